The van der Waals surface area contributed by atoms with Gasteiger partial charge in [0.05, 0.1) is 5.56 Å². The summed E-state index contributed by atoms with van der Waals surface area (Å²) >= 11 is 0. The second kappa shape index (κ2) is 9.36. The fourth-order valence-corrected chi connectivity index (χ4v) is 3.02. The predicted octanol–water partition coefficient (Wildman–Crippen LogP) is 1.78. The van der Waals surface area contributed by atoms with Crippen molar-refractivity contribution in [3.05, 3.63) is 61.8 Å². The van der Waals surface area contributed by atoms with Gasteiger partial charge in [0.15, 0.2) is 6.61 Å². The highest BCUT2D eigenvalue weighted by molar-refractivity contribution is 6.02. The van der Waals surface area contributed by atoms with E-state index in [4.69, 9.17) is 10.5 Å². The van der Waals surface area contributed by atoms with Crippen molar-refractivity contribution in [2.24, 2.45) is 13.0 Å². The molecule has 0 saturated heterocycles. The first-order valence-corrected chi connectivity index (χ1v) is 9.55. The Bertz CT molecular complexity index is 1020. The molecule has 0 unspecified atom stereocenters. The summed E-state index contributed by atoms with van der Waals surface area (Å²) in [5, 5.41) is 0. The molecule has 1 aromatic heterocycles. The molecule has 8 nitrogen and oxygen atoms in total. The second-order valence-corrected chi connectivity index (χ2v) is 7.35. The van der Waals surface area contributed by atoms with Crippen molar-refractivity contribution < 1.29 is 14.3 Å². The Hall–Kier alpha value is -3.16. The number of rotatable bonds is 8. The number of ether oxygens (including phenoxy) is 1. The fraction of sp³-hybridized carbons (Fsp3) is 0.429. The number of carbonyl (C=O) groups excluding carboxylic acids is 2. The van der Waals surface area contributed by atoms with Crippen LogP contribution >= 0.6 is 0 Å². The second-order valence-electron chi connectivity index (χ2n) is 7.35. The van der Waals surface area contributed by atoms with Crippen molar-refractivity contribution >= 4 is 17.6 Å². The molecule has 0 aliphatic rings. The van der Waals surface area contributed by atoms with Gasteiger partial charge in [0.2, 0.25) is 5.78 Å². The lowest BCUT2D eigenvalue weighted by molar-refractivity contribution is 0.0474. The van der Waals surface area contributed by atoms with Gasteiger partial charge in [-0.3, -0.25) is 18.7 Å². The molecule has 156 valence electrons. The van der Waals surface area contributed by atoms with Gasteiger partial charge in [-0.2, -0.15) is 0 Å². The number of nitrogens with two attached hydrogens (primary N) is 1. The zero-order chi connectivity index (χ0) is 21.7. The van der Waals surface area contributed by atoms with Crippen molar-refractivity contribution in [2.45, 2.75) is 40.2 Å². The standard InChI is InChI=1S/C21H27N3O5/c1-5-10-24-18(22)17(19(26)23(4)21(24)28)16(25)12-29-20(27)15-8-6-14(7-9-15)11-13(2)3/h6-9,13H,5,10-12,22H2,1-4H3. The maximum atomic E-state index is 12.5. The molecule has 1 aromatic carbocycles. The van der Waals surface area contributed by atoms with E-state index in [2.05, 4.69) is 13.8 Å². The van der Waals surface area contributed by atoms with Crippen LogP contribution in [0, 0.1) is 5.92 Å². The Morgan fingerprint density at radius 1 is 1.14 bits per heavy atom. The predicted molar refractivity (Wildman–Crippen MR) is 110 cm³/mol. The summed E-state index contributed by atoms with van der Waals surface area (Å²) in [7, 11) is 1.28. The van der Waals surface area contributed by atoms with Gasteiger partial charge >= 0.3 is 11.7 Å². The lowest BCUT2D eigenvalue weighted by Gasteiger charge is -2.14. The van der Waals surface area contributed by atoms with E-state index in [-0.39, 0.29) is 17.9 Å². The van der Waals surface area contributed by atoms with Crippen molar-refractivity contribution in [2.75, 3.05) is 12.3 Å². The first kappa shape index (κ1) is 22.1. The molecule has 0 saturated carbocycles. The highest BCUT2D eigenvalue weighted by atomic mass is 16.5. The number of esters is 1. The Labute approximate surface area is 168 Å². The fourth-order valence-electron chi connectivity index (χ4n) is 3.02. The molecule has 8 heteroatoms. The highest BCUT2D eigenvalue weighted by Gasteiger charge is 2.22. The van der Waals surface area contributed by atoms with E-state index in [9.17, 15) is 19.2 Å². The Morgan fingerprint density at radius 2 is 1.76 bits per heavy atom. The van der Waals surface area contributed by atoms with Gasteiger partial charge in [0.1, 0.15) is 11.4 Å². The summed E-state index contributed by atoms with van der Waals surface area (Å²) in [6, 6.07) is 6.96. The minimum absolute atomic E-state index is 0.209. The SMILES string of the molecule is CCCn1c(N)c(C(=O)COC(=O)c2ccc(CC(C)C)cc2)c(=O)n(C)c1=O. The molecule has 2 aromatic rings. The van der Waals surface area contributed by atoms with Crippen molar-refractivity contribution in [1.29, 1.82) is 0 Å². The van der Waals surface area contributed by atoms with Gasteiger partial charge in [-0.15, -0.1) is 0 Å². The molecule has 0 amide bonds. The van der Waals surface area contributed by atoms with Crippen LogP contribution < -0.4 is 17.0 Å². The van der Waals surface area contributed by atoms with E-state index in [1.54, 1.807) is 12.1 Å². The number of Topliss-reactive ketones (excluding diaryl/α,β-unsaturated/α-hetero) is 1. The molecule has 0 aliphatic heterocycles. The van der Waals surface area contributed by atoms with Crippen LogP contribution in [0.1, 0.15) is 53.5 Å². The zero-order valence-electron chi connectivity index (χ0n) is 17.2. The van der Waals surface area contributed by atoms with Gasteiger partial charge in [0.25, 0.3) is 5.56 Å². The molecule has 0 atom stereocenters. The molecular weight excluding hydrogens is 374 g/mol. The number of carbonyl (C=O) groups is 2. The van der Waals surface area contributed by atoms with Crippen LogP contribution in [0.3, 0.4) is 0 Å². The Kier molecular flexibility index (Phi) is 7.14. The smallest absolute Gasteiger partial charge is 0.338 e. The molecule has 0 spiro atoms. The normalized spacial score (nSPS) is 10.9. The van der Waals surface area contributed by atoms with Crippen LogP contribution in [0.5, 0.6) is 0 Å². The van der Waals surface area contributed by atoms with Crippen LogP contribution in [0.15, 0.2) is 33.9 Å². The summed E-state index contributed by atoms with van der Waals surface area (Å²) in [5.41, 5.74) is 5.56. The monoisotopic (exact) mass is 401 g/mol. The molecule has 0 aliphatic carbocycles. The molecule has 0 radical (unpaired) electrons. The summed E-state index contributed by atoms with van der Waals surface area (Å²) in [4.78, 5) is 49.3. The number of anilines is 1. The third-order valence-electron chi connectivity index (χ3n) is 4.48. The van der Waals surface area contributed by atoms with Crippen molar-refractivity contribution in [1.82, 2.24) is 9.13 Å². The average molecular weight is 401 g/mol. The molecular formula is C21H27N3O5. The van der Waals surface area contributed by atoms with Gasteiger partial charge < -0.3 is 10.5 Å². The number of ketones is 1. The van der Waals surface area contributed by atoms with Crippen LogP contribution in [0.2, 0.25) is 0 Å². The zero-order valence-corrected chi connectivity index (χ0v) is 17.2. The van der Waals surface area contributed by atoms with E-state index >= 15 is 0 Å². The van der Waals surface area contributed by atoms with Crippen molar-refractivity contribution in [3.63, 3.8) is 0 Å². The van der Waals surface area contributed by atoms with Gasteiger partial charge in [0, 0.05) is 13.6 Å². The average Bonchev–Trinajstić information content (AvgIpc) is 2.68. The minimum atomic E-state index is -0.807. The number of hydrogen-bond acceptors (Lipinski definition) is 6. The quantitative estimate of drug-likeness (QED) is 0.533. The molecule has 2 rings (SSSR count). The molecule has 1 heterocycles. The van der Waals surface area contributed by atoms with Gasteiger partial charge in [-0.25, -0.2) is 9.59 Å². The van der Waals surface area contributed by atoms with Crippen molar-refractivity contribution in [3.8, 4) is 0 Å². The number of nitrogen functional groups attached to an aromatic ring is 1. The molecule has 29 heavy (non-hydrogen) atoms. The number of aromatic nitrogens is 2. The number of nitrogens with zero attached hydrogens (tertiary/aromatic N) is 2. The minimum Gasteiger partial charge on any atom is -0.454 e. The lowest BCUT2D eigenvalue weighted by Crippen LogP contribution is -2.43. The van der Waals surface area contributed by atoms with Crippen LogP contribution in [-0.2, 0) is 24.8 Å². The van der Waals surface area contributed by atoms with E-state index in [0.717, 1.165) is 16.6 Å². The summed E-state index contributed by atoms with van der Waals surface area (Å²) in [5.74, 6) is -1.14. The molecule has 0 fully saturated rings. The first-order valence-electron chi connectivity index (χ1n) is 9.55. The molecule has 2 N–H and O–H groups in total. The van der Waals surface area contributed by atoms with E-state index in [1.807, 2.05) is 19.1 Å². The van der Waals surface area contributed by atoms with Crippen LogP contribution in [-0.4, -0.2) is 27.5 Å². The number of hydrogen-bond donors (Lipinski definition) is 1. The Balaban J connectivity index is 2.18. The summed E-state index contributed by atoms with van der Waals surface area (Å²) in [6.45, 7) is 5.67. The third-order valence-corrected chi connectivity index (χ3v) is 4.48. The molecule has 0 bridgehead atoms. The highest BCUT2D eigenvalue weighted by Crippen LogP contribution is 2.12. The van der Waals surface area contributed by atoms with E-state index in [1.165, 1.54) is 11.6 Å². The van der Waals surface area contributed by atoms with E-state index < -0.39 is 29.6 Å². The Morgan fingerprint density at radius 3 is 2.31 bits per heavy atom. The lowest BCUT2D eigenvalue weighted by atomic mass is 10.0. The van der Waals surface area contributed by atoms with Crippen LogP contribution in [0.4, 0.5) is 5.82 Å². The van der Waals surface area contributed by atoms with Crippen LogP contribution in [0.25, 0.3) is 0 Å². The largest absolute Gasteiger partial charge is 0.454 e. The maximum Gasteiger partial charge on any atom is 0.338 e. The van der Waals surface area contributed by atoms with Gasteiger partial charge in [-0.05, 0) is 36.5 Å². The first-order chi connectivity index (χ1) is 13.7. The topological polar surface area (TPSA) is 113 Å². The summed E-state index contributed by atoms with van der Waals surface area (Å²) < 4.78 is 7.06. The number of benzene rings is 1. The van der Waals surface area contributed by atoms with E-state index in [0.29, 0.717) is 17.9 Å². The van der Waals surface area contributed by atoms with Gasteiger partial charge in [-0.1, -0.05) is 32.9 Å². The summed E-state index contributed by atoms with van der Waals surface area (Å²) in [6.07, 6.45) is 1.49. The third kappa shape index (κ3) is 5.01. The maximum absolute atomic E-state index is 12.5.